The molecule has 2 bridgehead atoms. The molecule has 0 N–H and O–H groups in total. The summed E-state index contributed by atoms with van der Waals surface area (Å²) in [4.78, 5) is 38.9. The molecule has 2 unspecified atom stereocenters. The van der Waals surface area contributed by atoms with Crippen LogP contribution in [0.5, 0.6) is 0 Å². The fourth-order valence-corrected chi connectivity index (χ4v) is 7.23. The van der Waals surface area contributed by atoms with Crippen molar-refractivity contribution >= 4 is 22.2 Å². The molecule has 0 amide bonds. The highest BCUT2D eigenvalue weighted by Crippen LogP contribution is 2.47. The maximum atomic E-state index is 14.3. The summed E-state index contributed by atoms with van der Waals surface area (Å²) in [5, 5.41) is 0. The molecule has 2 atom stereocenters. The van der Waals surface area contributed by atoms with Gasteiger partial charge in [0.2, 0.25) is 0 Å². The molecule has 3 saturated heterocycles. The van der Waals surface area contributed by atoms with Crippen LogP contribution in [0.3, 0.4) is 0 Å². The van der Waals surface area contributed by atoms with Crippen LogP contribution < -0.4 is 5.82 Å². The van der Waals surface area contributed by atoms with E-state index in [1.54, 1.807) is 48.5 Å². The second-order valence-corrected chi connectivity index (χ2v) is 13.4. The van der Waals surface area contributed by atoms with Crippen molar-refractivity contribution in [2.45, 2.75) is 81.4 Å². The van der Waals surface area contributed by atoms with E-state index in [0.29, 0.717) is 23.2 Å². The smallest absolute Gasteiger partial charge is 0.519 e. The van der Waals surface area contributed by atoms with Crippen LogP contribution >= 0.6 is 0 Å². The van der Waals surface area contributed by atoms with Crippen molar-refractivity contribution in [3.8, 4) is 0 Å². The Bertz CT molecular complexity index is 1690. The summed E-state index contributed by atoms with van der Waals surface area (Å²) in [7, 11) is -6.09. The van der Waals surface area contributed by atoms with E-state index >= 15 is 0 Å². The molecule has 0 saturated carbocycles. The second kappa shape index (κ2) is 13.8. The lowest BCUT2D eigenvalue weighted by Gasteiger charge is -2.47. The number of halogens is 3. The van der Waals surface area contributed by atoms with Crippen molar-refractivity contribution in [2.75, 3.05) is 13.1 Å². The number of hydrogen-bond donors (Lipinski definition) is 0. The second-order valence-electron chi connectivity index (χ2n) is 12.0. The van der Waals surface area contributed by atoms with E-state index in [1.165, 1.54) is 37.3 Å². The SMILES string of the molecule is Cc1oc(=O)oc1COC(=O)OC(C(=O)OC1CC2CCC(C1)[N+]21CCCC1)(c1ccccc1)c1ccccc1.O=S(=O)([O-])C(F)(F)F. The lowest BCUT2D eigenvalue weighted by atomic mass is 9.85. The average Bonchev–Trinajstić information content (AvgIpc) is 3.69. The van der Waals surface area contributed by atoms with Crippen molar-refractivity contribution in [3.63, 3.8) is 0 Å². The van der Waals surface area contributed by atoms with Gasteiger partial charge in [0.1, 0.15) is 6.10 Å². The lowest BCUT2D eigenvalue weighted by molar-refractivity contribution is -0.956. The van der Waals surface area contributed by atoms with Crippen LogP contribution in [-0.2, 0) is 41.3 Å². The first-order chi connectivity index (χ1) is 22.7. The largest absolute Gasteiger partial charge is 0.741 e. The van der Waals surface area contributed by atoms with Gasteiger partial charge in [-0.15, -0.1) is 0 Å². The summed E-state index contributed by atoms with van der Waals surface area (Å²) in [5.41, 5.74) is -6.66. The third-order valence-corrected chi connectivity index (χ3v) is 9.92. The molecule has 0 radical (unpaired) electrons. The monoisotopic (exact) mass is 697 g/mol. The molecule has 3 aromatic rings. The number of esters is 1. The Kier molecular flexibility index (Phi) is 10.1. The van der Waals surface area contributed by atoms with E-state index in [1.807, 2.05) is 12.1 Å². The number of ether oxygens (including phenoxy) is 3. The van der Waals surface area contributed by atoms with Crippen LogP contribution in [0.4, 0.5) is 18.0 Å². The Labute approximate surface area is 273 Å². The van der Waals surface area contributed by atoms with E-state index in [2.05, 4.69) is 0 Å². The van der Waals surface area contributed by atoms with Gasteiger partial charge in [0.05, 0.1) is 25.2 Å². The fourth-order valence-electron chi connectivity index (χ4n) is 7.23. The fraction of sp³-hybridized carbons (Fsp3) is 0.469. The molecule has 0 aliphatic carbocycles. The minimum Gasteiger partial charge on any atom is -0.741 e. The normalized spacial score (nSPS) is 21.6. The third-order valence-electron chi connectivity index (χ3n) is 9.35. The van der Waals surface area contributed by atoms with Crippen LogP contribution in [0.2, 0.25) is 0 Å². The Morgan fingerprint density at radius 3 is 1.85 bits per heavy atom. The number of rotatable bonds is 7. The van der Waals surface area contributed by atoms with Crippen LogP contribution in [-0.4, -0.2) is 66.4 Å². The number of alkyl halides is 3. The Morgan fingerprint density at radius 1 is 0.917 bits per heavy atom. The van der Waals surface area contributed by atoms with Gasteiger partial charge in [-0.05, 0) is 6.92 Å². The molecule has 12 nitrogen and oxygen atoms in total. The van der Waals surface area contributed by atoms with Crippen molar-refractivity contribution in [3.05, 3.63) is 93.9 Å². The van der Waals surface area contributed by atoms with Crippen LogP contribution in [0, 0.1) is 6.92 Å². The van der Waals surface area contributed by atoms with Crippen LogP contribution in [0.15, 0.2) is 74.3 Å². The Hall–Kier alpha value is -4.15. The topological polar surface area (TPSA) is 162 Å². The van der Waals surface area contributed by atoms with Gasteiger partial charge in [-0.1, -0.05) is 60.7 Å². The first-order valence-electron chi connectivity index (χ1n) is 15.3. The summed E-state index contributed by atoms with van der Waals surface area (Å²) in [5.74, 6) is -1.30. The first-order valence-corrected chi connectivity index (χ1v) is 16.7. The zero-order valence-corrected chi connectivity index (χ0v) is 26.7. The predicted molar refractivity (Wildman–Crippen MR) is 158 cm³/mol. The number of hydrogen-bond acceptors (Lipinski definition) is 11. The molecule has 16 heteroatoms. The molecule has 260 valence electrons. The number of aryl methyl sites for hydroxylation is 1. The van der Waals surface area contributed by atoms with Gasteiger partial charge in [-0.2, -0.15) is 13.2 Å². The number of carbonyl (C=O) groups excluding carboxylic acids is 2. The Morgan fingerprint density at radius 2 is 1.42 bits per heavy atom. The molecule has 1 aromatic heterocycles. The van der Waals surface area contributed by atoms with E-state index in [0.717, 1.165) is 25.7 Å². The summed E-state index contributed by atoms with van der Waals surface area (Å²) >= 11 is 0. The number of piperidine rings is 1. The summed E-state index contributed by atoms with van der Waals surface area (Å²) in [6, 6.07) is 18.7. The molecular weight excluding hydrogens is 663 g/mol. The quantitative estimate of drug-likeness (QED) is 0.141. The lowest BCUT2D eigenvalue weighted by Crippen LogP contribution is -2.60. The standard InChI is InChI=1S/C31H34NO8.CHF3O3S/c1-21-27(39-30(35)37-21)20-36-29(34)40-31(22-10-4-2-5-11-22,23-12-6-3-7-13-23)28(33)38-26-18-24-14-15-25(19-26)32(24)16-8-9-17-32;2-1(3,4)8(5,6)7/h2-7,10-13,24-26H,8-9,14-20H2,1H3;(H,5,6,7)/q+1;/p-1. The summed E-state index contributed by atoms with van der Waals surface area (Å²) in [6.07, 6.45) is 5.10. The number of benzene rings is 2. The summed E-state index contributed by atoms with van der Waals surface area (Å²) < 4.78 is 87.4. The molecule has 2 aromatic carbocycles. The van der Waals surface area contributed by atoms with Crippen molar-refractivity contribution < 1.29 is 63.3 Å². The van der Waals surface area contributed by atoms with Crippen LogP contribution in [0.25, 0.3) is 0 Å². The molecular formula is C32H34F3NO11S. The minimum atomic E-state index is -6.09. The van der Waals surface area contributed by atoms with E-state index in [9.17, 15) is 27.6 Å². The maximum absolute atomic E-state index is 14.3. The zero-order valence-electron chi connectivity index (χ0n) is 25.8. The highest BCUT2D eigenvalue weighted by Gasteiger charge is 2.57. The van der Waals surface area contributed by atoms with Crippen molar-refractivity contribution in [1.82, 2.24) is 0 Å². The highest BCUT2D eigenvalue weighted by atomic mass is 32.2. The van der Waals surface area contributed by atoms with Gasteiger partial charge in [0.15, 0.2) is 28.2 Å². The molecule has 3 aliphatic rings. The highest BCUT2D eigenvalue weighted by molar-refractivity contribution is 7.86. The molecule has 6 rings (SSSR count). The number of nitrogens with zero attached hydrogens (tertiary/aromatic N) is 1. The third kappa shape index (κ3) is 7.15. The van der Waals surface area contributed by atoms with Gasteiger partial charge in [-0.3, -0.25) is 0 Å². The zero-order chi connectivity index (χ0) is 34.7. The summed E-state index contributed by atoms with van der Waals surface area (Å²) in [6.45, 7) is 3.58. The van der Waals surface area contributed by atoms with E-state index < -0.39 is 45.8 Å². The van der Waals surface area contributed by atoms with Gasteiger partial charge in [0.25, 0.3) is 5.60 Å². The maximum Gasteiger partial charge on any atom is 0.519 e. The molecule has 3 fully saturated rings. The van der Waals surface area contributed by atoms with Crippen molar-refractivity contribution in [1.29, 1.82) is 0 Å². The minimum absolute atomic E-state index is 0.0613. The van der Waals surface area contributed by atoms with Gasteiger partial charge in [0, 0.05) is 49.7 Å². The van der Waals surface area contributed by atoms with Crippen molar-refractivity contribution in [2.24, 2.45) is 0 Å². The number of quaternary nitrogens is 1. The van der Waals surface area contributed by atoms with Gasteiger partial charge < -0.3 is 32.1 Å². The van der Waals surface area contributed by atoms with Gasteiger partial charge >= 0.3 is 23.5 Å². The predicted octanol–water partition coefficient (Wildman–Crippen LogP) is 5.04. The van der Waals surface area contributed by atoms with E-state index in [4.69, 9.17) is 36.0 Å². The molecule has 3 aliphatic heterocycles. The molecule has 48 heavy (non-hydrogen) atoms. The van der Waals surface area contributed by atoms with Crippen LogP contribution in [0.1, 0.15) is 61.2 Å². The van der Waals surface area contributed by atoms with Gasteiger partial charge in [-0.25, -0.2) is 22.8 Å². The molecule has 4 heterocycles. The Balaban J connectivity index is 0.000000503. The number of carbonyl (C=O) groups is 2. The first kappa shape index (κ1) is 35.2. The van der Waals surface area contributed by atoms with E-state index in [-0.39, 0.29) is 17.6 Å². The average molecular weight is 698 g/mol. The molecule has 1 spiro atoms.